The zero-order chi connectivity index (χ0) is 24.1. The molecule has 0 amide bonds. The van der Waals surface area contributed by atoms with Gasteiger partial charge in [-0.2, -0.15) is 0 Å². The standard InChI is InChI=1S/C32H52O2/c1-22-11-13-26(14-12-22)19-27-15-17-28(18-16-27)20-29-23(2)31(33-4)30(32(34-5)24(29)3)21-25-9-7-6-8-10-25/h22,25-28H,6-21H2,1-5H3. The normalized spacial score (nSPS) is 28.6. The van der Waals surface area contributed by atoms with Crippen LogP contribution in [0.25, 0.3) is 0 Å². The van der Waals surface area contributed by atoms with Crippen LogP contribution in [0.15, 0.2) is 0 Å². The number of rotatable bonds is 8. The van der Waals surface area contributed by atoms with Gasteiger partial charge in [0.05, 0.1) is 14.2 Å². The molecular formula is C32H52O2. The topological polar surface area (TPSA) is 18.5 Å². The molecule has 34 heavy (non-hydrogen) atoms. The maximum atomic E-state index is 6.07. The lowest BCUT2D eigenvalue weighted by Gasteiger charge is -2.34. The number of hydrogen-bond donors (Lipinski definition) is 0. The molecule has 0 N–H and O–H groups in total. The first-order valence-electron chi connectivity index (χ1n) is 14.7. The van der Waals surface area contributed by atoms with Gasteiger partial charge in [-0.05, 0) is 92.2 Å². The fraction of sp³-hybridized carbons (Fsp3) is 0.812. The second-order valence-electron chi connectivity index (χ2n) is 12.4. The summed E-state index contributed by atoms with van der Waals surface area (Å²) in [7, 11) is 3.73. The first kappa shape index (κ1) is 25.9. The molecule has 0 saturated heterocycles. The molecule has 0 unspecified atom stereocenters. The number of hydrogen-bond acceptors (Lipinski definition) is 2. The van der Waals surface area contributed by atoms with E-state index in [4.69, 9.17) is 9.47 Å². The molecule has 1 aromatic rings. The van der Waals surface area contributed by atoms with E-state index >= 15 is 0 Å². The van der Waals surface area contributed by atoms with Gasteiger partial charge in [0, 0.05) is 5.56 Å². The smallest absolute Gasteiger partial charge is 0.128 e. The maximum Gasteiger partial charge on any atom is 0.128 e. The Morgan fingerprint density at radius 2 is 1.00 bits per heavy atom. The SMILES string of the molecule is COc1c(C)c(CC2CCC(CC3CCC(C)CC3)CC2)c(C)c(OC)c1CC1CCCCC1. The van der Waals surface area contributed by atoms with Gasteiger partial charge in [0.2, 0.25) is 0 Å². The third kappa shape index (κ3) is 6.14. The van der Waals surface area contributed by atoms with Crippen molar-refractivity contribution in [1.29, 1.82) is 0 Å². The fourth-order valence-electron chi connectivity index (χ4n) is 7.83. The van der Waals surface area contributed by atoms with Crippen molar-refractivity contribution < 1.29 is 9.47 Å². The van der Waals surface area contributed by atoms with Crippen molar-refractivity contribution in [3.8, 4) is 11.5 Å². The van der Waals surface area contributed by atoms with E-state index in [9.17, 15) is 0 Å². The number of ether oxygens (including phenoxy) is 2. The lowest BCUT2D eigenvalue weighted by atomic mass is 9.72. The molecule has 3 aliphatic rings. The van der Waals surface area contributed by atoms with E-state index in [0.717, 1.165) is 47.5 Å². The van der Waals surface area contributed by atoms with Crippen LogP contribution in [0, 0.1) is 43.4 Å². The highest BCUT2D eigenvalue weighted by atomic mass is 16.5. The molecule has 192 valence electrons. The minimum atomic E-state index is 0.781. The van der Waals surface area contributed by atoms with E-state index in [1.54, 1.807) is 0 Å². The Morgan fingerprint density at radius 3 is 1.53 bits per heavy atom. The lowest BCUT2D eigenvalue weighted by Crippen LogP contribution is -2.21. The summed E-state index contributed by atoms with van der Waals surface area (Å²) in [5.74, 6) is 6.81. The summed E-state index contributed by atoms with van der Waals surface area (Å²) in [4.78, 5) is 0. The zero-order valence-corrected chi connectivity index (χ0v) is 23.0. The highest BCUT2D eigenvalue weighted by Crippen LogP contribution is 2.44. The third-order valence-electron chi connectivity index (χ3n) is 10.0. The van der Waals surface area contributed by atoms with E-state index in [1.165, 1.54) is 119 Å². The van der Waals surface area contributed by atoms with Crippen LogP contribution in [-0.4, -0.2) is 14.2 Å². The molecule has 3 aliphatic carbocycles. The van der Waals surface area contributed by atoms with Crippen molar-refractivity contribution in [1.82, 2.24) is 0 Å². The Hall–Kier alpha value is -1.18. The molecule has 0 atom stereocenters. The molecule has 2 nitrogen and oxygen atoms in total. The van der Waals surface area contributed by atoms with Crippen molar-refractivity contribution >= 4 is 0 Å². The molecule has 0 aliphatic heterocycles. The Morgan fingerprint density at radius 1 is 0.559 bits per heavy atom. The van der Waals surface area contributed by atoms with Gasteiger partial charge in [0.15, 0.2) is 0 Å². The number of methoxy groups -OCH3 is 2. The zero-order valence-electron chi connectivity index (χ0n) is 23.0. The van der Waals surface area contributed by atoms with Gasteiger partial charge in [-0.3, -0.25) is 0 Å². The van der Waals surface area contributed by atoms with E-state index in [-0.39, 0.29) is 0 Å². The third-order valence-corrected chi connectivity index (χ3v) is 10.0. The van der Waals surface area contributed by atoms with Gasteiger partial charge in [-0.25, -0.2) is 0 Å². The van der Waals surface area contributed by atoms with Gasteiger partial charge < -0.3 is 9.47 Å². The predicted molar refractivity (Wildman–Crippen MR) is 144 cm³/mol. The molecule has 1 aromatic carbocycles. The van der Waals surface area contributed by atoms with Gasteiger partial charge in [-0.1, -0.05) is 77.6 Å². The minimum absolute atomic E-state index is 0.781. The molecule has 4 rings (SSSR count). The van der Waals surface area contributed by atoms with Crippen molar-refractivity contribution in [2.75, 3.05) is 14.2 Å². The summed E-state index contributed by atoms with van der Waals surface area (Å²) in [6, 6.07) is 0. The number of benzene rings is 1. The summed E-state index contributed by atoms with van der Waals surface area (Å²) in [5.41, 5.74) is 5.60. The van der Waals surface area contributed by atoms with Crippen LogP contribution >= 0.6 is 0 Å². The second kappa shape index (κ2) is 12.2. The van der Waals surface area contributed by atoms with E-state index in [0.29, 0.717) is 0 Å². The van der Waals surface area contributed by atoms with Crippen LogP contribution < -0.4 is 9.47 Å². The van der Waals surface area contributed by atoms with Crippen molar-refractivity contribution in [3.05, 3.63) is 22.3 Å². The van der Waals surface area contributed by atoms with Crippen LogP contribution in [0.3, 0.4) is 0 Å². The van der Waals surface area contributed by atoms with Gasteiger partial charge in [0.25, 0.3) is 0 Å². The summed E-state index contributed by atoms with van der Waals surface area (Å²) in [6.45, 7) is 7.05. The van der Waals surface area contributed by atoms with Gasteiger partial charge in [-0.15, -0.1) is 0 Å². The highest BCUT2D eigenvalue weighted by Gasteiger charge is 2.29. The van der Waals surface area contributed by atoms with Crippen LogP contribution in [0.4, 0.5) is 0 Å². The monoisotopic (exact) mass is 468 g/mol. The summed E-state index contributed by atoms with van der Waals surface area (Å²) >= 11 is 0. The molecule has 0 aromatic heterocycles. The predicted octanol–water partition coefficient (Wildman–Crippen LogP) is 9.01. The molecular weight excluding hydrogens is 416 g/mol. The second-order valence-corrected chi connectivity index (χ2v) is 12.4. The lowest BCUT2D eigenvalue weighted by molar-refractivity contribution is 0.195. The van der Waals surface area contributed by atoms with Crippen LogP contribution in [0.5, 0.6) is 11.5 Å². The Balaban J connectivity index is 1.41. The van der Waals surface area contributed by atoms with Crippen LogP contribution in [0.1, 0.15) is 119 Å². The summed E-state index contributed by atoms with van der Waals surface area (Å²) in [6.07, 6.45) is 22.3. The average Bonchev–Trinajstić information content (AvgIpc) is 2.85. The van der Waals surface area contributed by atoms with Crippen molar-refractivity contribution in [3.63, 3.8) is 0 Å². The largest absolute Gasteiger partial charge is 0.496 e. The molecule has 0 spiro atoms. The van der Waals surface area contributed by atoms with Gasteiger partial charge >= 0.3 is 0 Å². The average molecular weight is 469 g/mol. The molecule has 0 heterocycles. The van der Waals surface area contributed by atoms with Crippen LogP contribution in [-0.2, 0) is 12.8 Å². The van der Waals surface area contributed by atoms with E-state index < -0.39 is 0 Å². The Bertz CT molecular complexity index is 744. The molecule has 3 saturated carbocycles. The van der Waals surface area contributed by atoms with E-state index in [1.807, 2.05) is 14.2 Å². The summed E-state index contributed by atoms with van der Waals surface area (Å²) < 4.78 is 12.1. The quantitative estimate of drug-likeness (QED) is 0.379. The molecule has 0 bridgehead atoms. The fourth-order valence-corrected chi connectivity index (χ4v) is 7.83. The molecule has 2 heteroatoms. The highest BCUT2D eigenvalue weighted by molar-refractivity contribution is 5.59. The van der Waals surface area contributed by atoms with Gasteiger partial charge in [0.1, 0.15) is 11.5 Å². The van der Waals surface area contributed by atoms with Crippen molar-refractivity contribution in [2.24, 2.45) is 29.6 Å². The first-order valence-corrected chi connectivity index (χ1v) is 14.7. The summed E-state index contributed by atoms with van der Waals surface area (Å²) in [5, 5.41) is 0. The maximum absolute atomic E-state index is 6.07. The van der Waals surface area contributed by atoms with Crippen molar-refractivity contribution in [2.45, 2.75) is 124 Å². The Kier molecular flexibility index (Phi) is 9.28. The molecule has 0 radical (unpaired) electrons. The van der Waals surface area contributed by atoms with E-state index in [2.05, 4.69) is 20.8 Å². The van der Waals surface area contributed by atoms with Crippen LogP contribution in [0.2, 0.25) is 0 Å². The molecule has 3 fully saturated rings. The Labute approximate surface area is 210 Å². The minimum Gasteiger partial charge on any atom is -0.496 e. The first-order chi connectivity index (χ1) is 16.5.